The zero-order valence-corrected chi connectivity index (χ0v) is 9.88. The first-order chi connectivity index (χ1) is 9.24. The number of pyridine rings is 1. The van der Waals surface area contributed by atoms with E-state index in [1.807, 2.05) is 0 Å². The van der Waals surface area contributed by atoms with Crippen LogP contribution < -0.4 is 5.32 Å². The van der Waals surface area contributed by atoms with Crippen LogP contribution in [0.15, 0.2) is 55.0 Å². The Kier molecular flexibility index (Phi) is 2.72. The predicted molar refractivity (Wildman–Crippen MR) is 69.5 cm³/mol. The summed E-state index contributed by atoms with van der Waals surface area (Å²) in [6.07, 6.45) is 5.04. The second kappa shape index (κ2) is 4.53. The van der Waals surface area contributed by atoms with Gasteiger partial charge in [0.25, 0.3) is 5.91 Å². The molecule has 4 nitrogen and oxygen atoms in total. The van der Waals surface area contributed by atoms with Gasteiger partial charge in [-0.15, -0.1) is 0 Å². The van der Waals surface area contributed by atoms with Crippen molar-refractivity contribution in [3.05, 3.63) is 66.4 Å². The summed E-state index contributed by atoms with van der Waals surface area (Å²) in [5, 5.41) is 2.54. The van der Waals surface area contributed by atoms with Gasteiger partial charge >= 0.3 is 0 Å². The van der Waals surface area contributed by atoms with Crippen molar-refractivity contribution in [1.82, 2.24) is 9.38 Å². The molecule has 1 amide bonds. The molecule has 19 heavy (non-hydrogen) atoms. The highest BCUT2D eigenvalue weighted by atomic mass is 19.1. The number of benzene rings is 1. The van der Waals surface area contributed by atoms with Crippen LogP contribution in [0, 0.1) is 5.82 Å². The van der Waals surface area contributed by atoms with Gasteiger partial charge in [0.1, 0.15) is 11.5 Å². The fourth-order valence-corrected chi connectivity index (χ4v) is 1.81. The Hall–Kier alpha value is -2.69. The molecular weight excluding hydrogens is 245 g/mol. The van der Waals surface area contributed by atoms with Crippen LogP contribution in [0.4, 0.5) is 10.1 Å². The van der Waals surface area contributed by atoms with Gasteiger partial charge in [-0.1, -0.05) is 12.1 Å². The minimum Gasteiger partial charge on any atom is -0.319 e. The predicted octanol–water partition coefficient (Wildman–Crippen LogP) is 2.73. The van der Waals surface area contributed by atoms with E-state index < -0.39 is 5.82 Å². The summed E-state index contributed by atoms with van der Waals surface area (Å²) < 4.78 is 15.2. The maximum absolute atomic E-state index is 13.4. The molecule has 0 saturated carbocycles. The van der Waals surface area contributed by atoms with Gasteiger partial charge in [0.2, 0.25) is 0 Å². The van der Waals surface area contributed by atoms with Crippen molar-refractivity contribution in [2.24, 2.45) is 0 Å². The molecule has 2 heterocycles. The van der Waals surface area contributed by atoms with Crippen LogP contribution in [-0.2, 0) is 0 Å². The van der Waals surface area contributed by atoms with Crippen molar-refractivity contribution in [2.75, 3.05) is 5.32 Å². The lowest BCUT2D eigenvalue weighted by atomic mass is 10.2. The Labute approximate surface area is 108 Å². The molecule has 0 atom stereocenters. The van der Waals surface area contributed by atoms with Crippen LogP contribution in [0.25, 0.3) is 5.65 Å². The maximum atomic E-state index is 13.4. The number of hydrogen-bond acceptors (Lipinski definition) is 2. The molecule has 1 aromatic carbocycles. The lowest BCUT2D eigenvalue weighted by Gasteiger charge is -2.06. The Bertz CT molecular complexity index is 751. The van der Waals surface area contributed by atoms with E-state index in [2.05, 4.69) is 10.3 Å². The van der Waals surface area contributed by atoms with E-state index >= 15 is 0 Å². The third-order valence-corrected chi connectivity index (χ3v) is 2.77. The number of carbonyl (C=O) groups is 1. The molecule has 0 fully saturated rings. The standard InChI is InChI=1S/C14H10FN3O/c15-11-3-1-2-4-12(11)17-14(19)10-5-6-13-16-7-8-18(13)9-10/h1-9H,(H,17,19). The Morgan fingerprint density at radius 2 is 2.05 bits per heavy atom. The highest BCUT2D eigenvalue weighted by Crippen LogP contribution is 2.14. The summed E-state index contributed by atoms with van der Waals surface area (Å²) >= 11 is 0. The topological polar surface area (TPSA) is 46.4 Å². The van der Waals surface area contributed by atoms with Crippen molar-refractivity contribution < 1.29 is 9.18 Å². The average molecular weight is 255 g/mol. The summed E-state index contributed by atoms with van der Waals surface area (Å²) in [6.45, 7) is 0. The fourth-order valence-electron chi connectivity index (χ4n) is 1.81. The molecule has 0 aliphatic carbocycles. The molecule has 0 unspecified atom stereocenters. The monoisotopic (exact) mass is 255 g/mol. The number of aromatic nitrogens is 2. The Morgan fingerprint density at radius 3 is 2.89 bits per heavy atom. The lowest BCUT2D eigenvalue weighted by molar-refractivity contribution is 0.102. The van der Waals surface area contributed by atoms with Gasteiger partial charge in [0.05, 0.1) is 11.3 Å². The second-order valence-corrected chi connectivity index (χ2v) is 4.04. The number of fused-ring (bicyclic) bond motifs is 1. The first-order valence-corrected chi connectivity index (χ1v) is 5.72. The minimum atomic E-state index is -0.459. The number of anilines is 1. The lowest BCUT2D eigenvalue weighted by Crippen LogP contribution is -2.13. The van der Waals surface area contributed by atoms with E-state index in [9.17, 15) is 9.18 Å². The highest BCUT2D eigenvalue weighted by Gasteiger charge is 2.09. The number of hydrogen-bond donors (Lipinski definition) is 1. The molecule has 5 heteroatoms. The summed E-state index contributed by atoms with van der Waals surface area (Å²) in [6, 6.07) is 9.44. The van der Waals surface area contributed by atoms with Crippen molar-refractivity contribution in [1.29, 1.82) is 0 Å². The normalized spacial score (nSPS) is 10.6. The van der Waals surface area contributed by atoms with Crippen molar-refractivity contribution in [3.63, 3.8) is 0 Å². The van der Waals surface area contributed by atoms with Crippen LogP contribution in [-0.4, -0.2) is 15.3 Å². The first-order valence-electron chi connectivity index (χ1n) is 5.72. The molecule has 3 rings (SSSR count). The molecular formula is C14H10FN3O. The molecule has 94 valence electrons. The molecule has 1 N–H and O–H groups in total. The number of carbonyl (C=O) groups excluding carboxylic acids is 1. The minimum absolute atomic E-state index is 0.165. The third kappa shape index (κ3) is 2.18. The summed E-state index contributed by atoms with van der Waals surface area (Å²) in [4.78, 5) is 16.1. The zero-order valence-electron chi connectivity index (χ0n) is 9.88. The van der Waals surface area contributed by atoms with Crippen molar-refractivity contribution in [3.8, 4) is 0 Å². The molecule has 0 radical (unpaired) electrons. The van der Waals surface area contributed by atoms with Crippen LogP contribution in [0.1, 0.15) is 10.4 Å². The summed E-state index contributed by atoms with van der Waals surface area (Å²) in [5.74, 6) is -0.819. The van der Waals surface area contributed by atoms with Crippen LogP contribution in [0.2, 0.25) is 0 Å². The SMILES string of the molecule is O=C(Nc1ccccc1F)c1ccc2nccn2c1. The number of rotatable bonds is 2. The third-order valence-electron chi connectivity index (χ3n) is 2.77. The van der Waals surface area contributed by atoms with Crippen molar-refractivity contribution >= 4 is 17.2 Å². The molecule has 0 aliphatic heterocycles. The van der Waals surface area contributed by atoms with Gasteiger partial charge in [-0.25, -0.2) is 9.37 Å². The van der Waals surface area contributed by atoms with E-state index in [-0.39, 0.29) is 11.6 Å². The molecule has 2 aromatic heterocycles. The van der Waals surface area contributed by atoms with Gasteiger partial charge in [-0.2, -0.15) is 0 Å². The van der Waals surface area contributed by atoms with Crippen LogP contribution in [0.3, 0.4) is 0 Å². The van der Waals surface area contributed by atoms with E-state index in [0.29, 0.717) is 5.56 Å². The number of halogens is 1. The highest BCUT2D eigenvalue weighted by molar-refractivity contribution is 6.04. The van der Waals surface area contributed by atoms with Crippen LogP contribution in [0.5, 0.6) is 0 Å². The fraction of sp³-hybridized carbons (Fsp3) is 0. The van der Waals surface area contributed by atoms with E-state index in [1.54, 1.807) is 47.3 Å². The number of nitrogens with one attached hydrogen (secondary N) is 1. The van der Waals surface area contributed by atoms with Gasteiger partial charge in [-0.3, -0.25) is 4.79 Å². The van der Waals surface area contributed by atoms with E-state index in [0.717, 1.165) is 5.65 Å². The van der Waals surface area contributed by atoms with Crippen molar-refractivity contribution in [2.45, 2.75) is 0 Å². The number of nitrogens with zero attached hydrogens (tertiary/aromatic N) is 2. The number of imidazole rings is 1. The van der Waals surface area contributed by atoms with Gasteiger partial charge in [0.15, 0.2) is 0 Å². The summed E-state index contributed by atoms with van der Waals surface area (Å²) in [7, 11) is 0. The van der Waals surface area contributed by atoms with Gasteiger partial charge in [0, 0.05) is 18.6 Å². The largest absolute Gasteiger partial charge is 0.319 e. The number of para-hydroxylation sites is 1. The average Bonchev–Trinajstić information content (AvgIpc) is 2.88. The summed E-state index contributed by atoms with van der Waals surface area (Å²) in [5.41, 5.74) is 1.36. The van der Waals surface area contributed by atoms with Gasteiger partial charge in [-0.05, 0) is 24.3 Å². The molecule has 0 bridgehead atoms. The van der Waals surface area contributed by atoms with Crippen LogP contribution >= 0.6 is 0 Å². The number of amides is 1. The Balaban J connectivity index is 1.89. The van der Waals surface area contributed by atoms with E-state index in [1.165, 1.54) is 12.1 Å². The smallest absolute Gasteiger partial charge is 0.257 e. The maximum Gasteiger partial charge on any atom is 0.257 e. The quantitative estimate of drug-likeness (QED) is 0.765. The second-order valence-electron chi connectivity index (χ2n) is 4.04. The van der Waals surface area contributed by atoms with Gasteiger partial charge < -0.3 is 9.72 Å². The molecule has 3 aromatic rings. The molecule has 0 aliphatic rings. The molecule has 0 spiro atoms. The first kappa shape index (κ1) is 11.4. The van der Waals surface area contributed by atoms with E-state index in [4.69, 9.17) is 0 Å². The molecule has 0 saturated heterocycles. The zero-order chi connectivity index (χ0) is 13.2. The Morgan fingerprint density at radius 1 is 1.21 bits per heavy atom.